The number of hydrogen-bond donors (Lipinski definition) is 1. The van der Waals surface area contributed by atoms with Gasteiger partial charge in [0.1, 0.15) is 12.4 Å². The van der Waals surface area contributed by atoms with Crippen molar-refractivity contribution in [1.82, 2.24) is 0 Å². The molecule has 0 amide bonds. The SMILES string of the molecule is Cc1ccc(OCOCC(F)(F)F)c(C#CCN)c1. The third-order valence-corrected chi connectivity index (χ3v) is 2.02. The Morgan fingerprint density at radius 1 is 1.32 bits per heavy atom. The van der Waals surface area contributed by atoms with Crippen molar-refractivity contribution in [3.05, 3.63) is 29.3 Å². The highest BCUT2D eigenvalue weighted by Crippen LogP contribution is 2.20. The highest BCUT2D eigenvalue weighted by Gasteiger charge is 2.27. The molecule has 0 aliphatic heterocycles. The molecule has 0 unspecified atom stereocenters. The van der Waals surface area contributed by atoms with Gasteiger partial charge in [0, 0.05) is 0 Å². The highest BCUT2D eigenvalue weighted by atomic mass is 19.4. The first-order valence-electron chi connectivity index (χ1n) is 5.49. The molecule has 0 bridgehead atoms. The Morgan fingerprint density at radius 2 is 2.05 bits per heavy atom. The largest absolute Gasteiger partial charge is 0.466 e. The van der Waals surface area contributed by atoms with Crippen LogP contribution in [0.25, 0.3) is 0 Å². The molecule has 1 rings (SSSR count). The van der Waals surface area contributed by atoms with Crippen molar-refractivity contribution >= 4 is 0 Å². The van der Waals surface area contributed by atoms with E-state index in [0.29, 0.717) is 11.3 Å². The molecular formula is C13H14F3NO2. The molecule has 3 nitrogen and oxygen atoms in total. The van der Waals surface area contributed by atoms with Gasteiger partial charge in [0.15, 0.2) is 6.79 Å². The maximum Gasteiger partial charge on any atom is 0.411 e. The van der Waals surface area contributed by atoms with E-state index in [4.69, 9.17) is 10.5 Å². The summed E-state index contributed by atoms with van der Waals surface area (Å²) in [5, 5.41) is 0. The molecule has 2 N–H and O–H groups in total. The zero-order chi connectivity index (χ0) is 14.3. The molecule has 0 atom stereocenters. The van der Waals surface area contributed by atoms with Crippen LogP contribution in [0, 0.1) is 18.8 Å². The van der Waals surface area contributed by atoms with Gasteiger partial charge in [-0.3, -0.25) is 0 Å². The lowest BCUT2D eigenvalue weighted by Crippen LogP contribution is -2.19. The molecule has 0 saturated carbocycles. The maximum atomic E-state index is 11.9. The third-order valence-electron chi connectivity index (χ3n) is 2.02. The fourth-order valence-electron chi connectivity index (χ4n) is 1.28. The predicted molar refractivity (Wildman–Crippen MR) is 64.6 cm³/mol. The van der Waals surface area contributed by atoms with Crippen molar-refractivity contribution < 1.29 is 22.6 Å². The first-order valence-corrected chi connectivity index (χ1v) is 5.49. The van der Waals surface area contributed by atoms with Crippen molar-refractivity contribution in [3.8, 4) is 17.6 Å². The molecule has 0 saturated heterocycles. The van der Waals surface area contributed by atoms with Crippen LogP contribution in [0.4, 0.5) is 13.2 Å². The van der Waals surface area contributed by atoms with Crippen molar-refractivity contribution in [3.63, 3.8) is 0 Å². The quantitative estimate of drug-likeness (QED) is 0.520. The van der Waals surface area contributed by atoms with Crippen molar-refractivity contribution in [1.29, 1.82) is 0 Å². The van der Waals surface area contributed by atoms with Gasteiger partial charge in [0.2, 0.25) is 0 Å². The lowest BCUT2D eigenvalue weighted by molar-refractivity contribution is -0.186. The van der Waals surface area contributed by atoms with E-state index in [-0.39, 0.29) is 6.54 Å². The standard InChI is InChI=1S/C13H14F3NO2/c1-10-4-5-12(11(7-10)3-2-6-17)19-9-18-8-13(14,15)16/h4-5,7H,6,8-9,17H2,1H3. The van der Waals surface area contributed by atoms with Crippen molar-refractivity contribution in [2.45, 2.75) is 13.1 Å². The first kappa shape index (κ1) is 15.3. The molecule has 0 aliphatic rings. The molecule has 1 aromatic carbocycles. The van der Waals surface area contributed by atoms with E-state index < -0.39 is 19.6 Å². The third kappa shape index (κ3) is 6.13. The van der Waals surface area contributed by atoms with Gasteiger partial charge in [-0.05, 0) is 24.6 Å². The second-order valence-electron chi connectivity index (χ2n) is 3.73. The van der Waals surface area contributed by atoms with Crippen LogP contribution in [0.15, 0.2) is 18.2 Å². The molecular weight excluding hydrogens is 259 g/mol. The van der Waals surface area contributed by atoms with Gasteiger partial charge in [-0.1, -0.05) is 17.9 Å². The molecule has 0 spiro atoms. The summed E-state index contributed by atoms with van der Waals surface area (Å²) in [5.74, 6) is 5.83. The second-order valence-corrected chi connectivity index (χ2v) is 3.73. The highest BCUT2D eigenvalue weighted by molar-refractivity contribution is 5.48. The second kappa shape index (κ2) is 7.02. The van der Waals surface area contributed by atoms with Gasteiger partial charge < -0.3 is 15.2 Å². The molecule has 0 aromatic heterocycles. The Labute approximate surface area is 109 Å². The van der Waals surface area contributed by atoms with Gasteiger partial charge >= 0.3 is 6.18 Å². The number of alkyl halides is 3. The van der Waals surface area contributed by atoms with Gasteiger partial charge in [0.25, 0.3) is 0 Å². The fourth-order valence-corrected chi connectivity index (χ4v) is 1.28. The molecule has 104 valence electrons. The fraction of sp³-hybridized carbons (Fsp3) is 0.385. The normalized spacial score (nSPS) is 10.8. The lowest BCUT2D eigenvalue weighted by atomic mass is 10.1. The first-order chi connectivity index (χ1) is 8.92. The zero-order valence-corrected chi connectivity index (χ0v) is 10.4. The Bertz CT molecular complexity index is 475. The number of rotatable bonds is 4. The minimum atomic E-state index is -4.36. The average Bonchev–Trinajstić information content (AvgIpc) is 2.32. The van der Waals surface area contributed by atoms with E-state index in [0.717, 1.165) is 5.56 Å². The smallest absolute Gasteiger partial charge is 0.411 e. The van der Waals surface area contributed by atoms with Crippen LogP contribution in [0.3, 0.4) is 0 Å². The molecule has 1 aromatic rings. The summed E-state index contributed by atoms with van der Waals surface area (Å²) < 4.78 is 45.1. The predicted octanol–water partition coefficient (Wildman–Crippen LogP) is 2.22. The number of nitrogens with two attached hydrogens (primary N) is 1. The lowest BCUT2D eigenvalue weighted by Gasteiger charge is -2.11. The Kier molecular flexibility index (Phi) is 5.67. The van der Waals surface area contributed by atoms with Gasteiger partial charge in [0.05, 0.1) is 12.1 Å². The van der Waals surface area contributed by atoms with Gasteiger partial charge in [-0.15, -0.1) is 0 Å². The van der Waals surface area contributed by atoms with E-state index in [1.54, 1.807) is 18.2 Å². The van der Waals surface area contributed by atoms with Crippen LogP contribution >= 0.6 is 0 Å². The van der Waals surface area contributed by atoms with Crippen LogP contribution < -0.4 is 10.5 Å². The van der Waals surface area contributed by atoms with E-state index in [2.05, 4.69) is 16.6 Å². The summed E-state index contributed by atoms with van der Waals surface area (Å²) in [6.07, 6.45) is -4.36. The molecule has 0 fully saturated rings. The van der Waals surface area contributed by atoms with E-state index in [1.807, 2.05) is 6.92 Å². The van der Waals surface area contributed by atoms with Crippen molar-refractivity contribution in [2.75, 3.05) is 19.9 Å². The van der Waals surface area contributed by atoms with Gasteiger partial charge in [-0.25, -0.2) is 0 Å². The Morgan fingerprint density at radius 3 is 2.68 bits per heavy atom. The number of aryl methyl sites for hydroxylation is 1. The summed E-state index contributed by atoms with van der Waals surface area (Å²) in [6.45, 7) is 0.234. The number of benzene rings is 1. The molecule has 0 heterocycles. The van der Waals surface area contributed by atoms with Crippen LogP contribution in [0.2, 0.25) is 0 Å². The van der Waals surface area contributed by atoms with E-state index in [1.165, 1.54) is 0 Å². The van der Waals surface area contributed by atoms with Crippen LogP contribution in [0.5, 0.6) is 5.75 Å². The number of hydrogen-bond acceptors (Lipinski definition) is 3. The molecule has 6 heteroatoms. The Balaban J connectivity index is 2.62. The molecule has 19 heavy (non-hydrogen) atoms. The summed E-state index contributed by atoms with van der Waals surface area (Å²) >= 11 is 0. The van der Waals surface area contributed by atoms with Crippen LogP contribution in [0.1, 0.15) is 11.1 Å². The minimum absolute atomic E-state index is 0.192. The van der Waals surface area contributed by atoms with Crippen LogP contribution in [-0.2, 0) is 4.74 Å². The van der Waals surface area contributed by atoms with E-state index in [9.17, 15) is 13.2 Å². The number of ether oxygens (including phenoxy) is 2. The average molecular weight is 273 g/mol. The molecule has 0 radical (unpaired) electrons. The minimum Gasteiger partial charge on any atom is -0.466 e. The monoisotopic (exact) mass is 273 g/mol. The number of halogens is 3. The topological polar surface area (TPSA) is 44.5 Å². The molecule has 0 aliphatic carbocycles. The van der Waals surface area contributed by atoms with E-state index >= 15 is 0 Å². The van der Waals surface area contributed by atoms with Gasteiger partial charge in [-0.2, -0.15) is 13.2 Å². The van der Waals surface area contributed by atoms with Crippen LogP contribution in [-0.4, -0.2) is 26.1 Å². The summed E-state index contributed by atoms with van der Waals surface area (Å²) in [6, 6.07) is 5.17. The maximum absolute atomic E-state index is 11.9. The van der Waals surface area contributed by atoms with Crippen molar-refractivity contribution in [2.24, 2.45) is 5.73 Å². The summed E-state index contributed by atoms with van der Waals surface area (Å²) in [7, 11) is 0. The Hall–Kier alpha value is -1.71. The summed E-state index contributed by atoms with van der Waals surface area (Å²) in [4.78, 5) is 0. The zero-order valence-electron chi connectivity index (χ0n) is 10.4. The summed E-state index contributed by atoms with van der Waals surface area (Å²) in [5.41, 5.74) is 6.80.